The van der Waals surface area contributed by atoms with Crippen LogP contribution in [0.4, 0.5) is 4.79 Å². The van der Waals surface area contributed by atoms with Gasteiger partial charge in [0.15, 0.2) is 0 Å². The van der Waals surface area contributed by atoms with Crippen molar-refractivity contribution in [2.45, 2.75) is 45.8 Å². The number of urea groups is 1. The van der Waals surface area contributed by atoms with E-state index in [2.05, 4.69) is 31.4 Å². The van der Waals surface area contributed by atoms with Crippen LogP contribution in [-0.4, -0.2) is 36.9 Å². The molecule has 1 fully saturated rings. The van der Waals surface area contributed by atoms with Crippen LogP contribution in [0.15, 0.2) is 16.8 Å². The molecule has 0 saturated carbocycles. The SMILES string of the molecule is CC(C)(C)[C@H]1OCC[C@@H]1CNC(=O)NC[C@](C)(O)c1ccsc1. The smallest absolute Gasteiger partial charge is 0.314 e. The molecule has 1 aromatic heterocycles. The number of amides is 2. The average Bonchev–Trinajstić information content (AvgIpc) is 3.12. The predicted octanol–water partition coefficient (Wildman–Crippen LogP) is 2.71. The molecule has 1 aliphatic heterocycles. The zero-order valence-electron chi connectivity index (χ0n) is 14.4. The molecule has 6 heteroatoms. The van der Waals surface area contributed by atoms with Crippen LogP contribution in [0.5, 0.6) is 0 Å². The minimum Gasteiger partial charge on any atom is -0.384 e. The Morgan fingerprint density at radius 2 is 2.13 bits per heavy atom. The van der Waals surface area contributed by atoms with Gasteiger partial charge in [0, 0.05) is 19.1 Å². The number of thiophene rings is 1. The molecule has 3 atom stereocenters. The van der Waals surface area contributed by atoms with Crippen LogP contribution in [0.1, 0.15) is 39.7 Å². The van der Waals surface area contributed by atoms with Crippen molar-refractivity contribution in [3.05, 3.63) is 22.4 Å². The Labute approximate surface area is 142 Å². The molecule has 0 bridgehead atoms. The lowest BCUT2D eigenvalue weighted by Crippen LogP contribution is -2.46. The van der Waals surface area contributed by atoms with Gasteiger partial charge in [-0.3, -0.25) is 0 Å². The van der Waals surface area contributed by atoms with Crippen molar-refractivity contribution < 1.29 is 14.6 Å². The van der Waals surface area contributed by atoms with Gasteiger partial charge in [-0.05, 0) is 41.1 Å². The van der Waals surface area contributed by atoms with Crippen LogP contribution in [0, 0.1) is 11.3 Å². The second-order valence-corrected chi connectivity index (χ2v) is 8.34. The van der Waals surface area contributed by atoms with E-state index in [1.807, 2.05) is 16.8 Å². The van der Waals surface area contributed by atoms with E-state index < -0.39 is 5.60 Å². The number of aliphatic hydroxyl groups is 1. The zero-order valence-corrected chi connectivity index (χ0v) is 15.2. The van der Waals surface area contributed by atoms with E-state index in [-0.39, 0.29) is 24.1 Å². The van der Waals surface area contributed by atoms with Gasteiger partial charge in [0.05, 0.1) is 12.6 Å². The zero-order chi connectivity index (χ0) is 17.1. The molecular weight excluding hydrogens is 312 g/mol. The second kappa shape index (κ2) is 7.20. The second-order valence-electron chi connectivity index (χ2n) is 7.56. The van der Waals surface area contributed by atoms with Crippen molar-refractivity contribution in [3.63, 3.8) is 0 Å². The highest BCUT2D eigenvalue weighted by molar-refractivity contribution is 7.08. The standard InChI is InChI=1S/C17H28N2O3S/c1-16(2,3)14-12(5-7-22-14)9-18-15(20)19-11-17(4,21)13-6-8-23-10-13/h6,8,10,12,14,21H,5,7,9,11H2,1-4H3,(H2,18,19,20)/t12-,14+,17+/m1/s1. The lowest BCUT2D eigenvalue weighted by Gasteiger charge is -2.31. The predicted molar refractivity (Wildman–Crippen MR) is 92.6 cm³/mol. The molecule has 0 aromatic carbocycles. The normalized spacial score (nSPS) is 24.2. The Morgan fingerprint density at radius 1 is 1.39 bits per heavy atom. The Balaban J connectivity index is 1.77. The summed E-state index contributed by atoms with van der Waals surface area (Å²) in [5, 5.41) is 19.9. The number of ether oxygens (including phenoxy) is 1. The van der Waals surface area contributed by atoms with Crippen LogP contribution < -0.4 is 10.6 Å². The highest BCUT2D eigenvalue weighted by Gasteiger charge is 2.37. The largest absolute Gasteiger partial charge is 0.384 e. The van der Waals surface area contributed by atoms with Crippen molar-refractivity contribution in [1.82, 2.24) is 10.6 Å². The lowest BCUT2D eigenvalue weighted by molar-refractivity contribution is 0.00767. The van der Waals surface area contributed by atoms with E-state index in [4.69, 9.17) is 4.74 Å². The fourth-order valence-corrected chi connectivity index (χ4v) is 3.79. The molecule has 3 N–H and O–H groups in total. The number of nitrogens with one attached hydrogen (secondary N) is 2. The van der Waals surface area contributed by atoms with E-state index >= 15 is 0 Å². The Morgan fingerprint density at radius 3 is 2.74 bits per heavy atom. The van der Waals surface area contributed by atoms with Crippen molar-refractivity contribution in [2.24, 2.45) is 11.3 Å². The maximum Gasteiger partial charge on any atom is 0.314 e. The summed E-state index contributed by atoms with van der Waals surface area (Å²) in [5.41, 5.74) is -0.163. The summed E-state index contributed by atoms with van der Waals surface area (Å²) in [7, 11) is 0. The van der Waals surface area contributed by atoms with Gasteiger partial charge in [-0.15, -0.1) is 0 Å². The van der Waals surface area contributed by atoms with Gasteiger partial charge in [-0.25, -0.2) is 4.79 Å². The monoisotopic (exact) mass is 340 g/mol. The molecule has 1 aliphatic rings. The van der Waals surface area contributed by atoms with Crippen LogP contribution in [0.3, 0.4) is 0 Å². The molecule has 0 aliphatic carbocycles. The first-order valence-corrected chi connectivity index (χ1v) is 9.03. The van der Waals surface area contributed by atoms with Crippen molar-refractivity contribution in [2.75, 3.05) is 19.7 Å². The molecule has 23 heavy (non-hydrogen) atoms. The molecule has 2 rings (SSSR count). The van der Waals surface area contributed by atoms with E-state index in [0.717, 1.165) is 18.6 Å². The Kier molecular flexibility index (Phi) is 5.70. The van der Waals surface area contributed by atoms with Gasteiger partial charge < -0.3 is 20.5 Å². The molecule has 2 amide bonds. The Hall–Kier alpha value is -1.11. The van der Waals surface area contributed by atoms with Gasteiger partial charge >= 0.3 is 6.03 Å². The third-order valence-corrected chi connectivity index (χ3v) is 5.01. The summed E-state index contributed by atoms with van der Waals surface area (Å²) in [6.07, 6.45) is 1.13. The number of carbonyl (C=O) groups excluding carboxylic acids is 1. The van der Waals surface area contributed by atoms with Gasteiger partial charge in [0.25, 0.3) is 0 Å². The molecule has 0 spiro atoms. The van der Waals surface area contributed by atoms with Crippen LogP contribution in [-0.2, 0) is 10.3 Å². The molecule has 0 unspecified atom stereocenters. The van der Waals surface area contributed by atoms with Gasteiger partial charge in [-0.2, -0.15) is 11.3 Å². The molecule has 0 radical (unpaired) electrons. The first-order valence-electron chi connectivity index (χ1n) is 8.08. The number of hydrogen-bond acceptors (Lipinski definition) is 4. The summed E-state index contributed by atoms with van der Waals surface area (Å²) >= 11 is 1.53. The van der Waals surface area contributed by atoms with Crippen molar-refractivity contribution in [1.29, 1.82) is 0 Å². The van der Waals surface area contributed by atoms with Crippen molar-refractivity contribution >= 4 is 17.4 Å². The maximum absolute atomic E-state index is 12.0. The van der Waals surface area contributed by atoms with E-state index in [9.17, 15) is 9.90 Å². The summed E-state index contributed by atoms with van der Waals surface area (Å²) < 4.78 is 5.81. The first-order chi connectivity index (χ1) is 10.7. The quantitative estimate of drug-likeness (QED) is 0.772. The van der Waals surface area contributed by atoms with Crippen LogP contribution in [0.2, 0.25) is 0 Å². The molecular formula is C17H28N2O3S. The van der Waals surface area contributed by atoms with Gasteiger partial charge in [-0.1, -0.05) is 20.8 Å². The number of carbonyl (C=O) groups is 1. The summed E-state index contributed by atoms with van der Waals surface area (Å²) in [4.78, 5) is 12.0. The van der Waals surface area contributed by atoms with Crippen LogP contribution in [0.25, 0.3) is 0 Å². The third-order valence-electron chi connectivity index (χ3n) is 4.33. The highest BCUT2D eigenvalue weighted by atomic mass is 32.1. The topological polar surface area (TPSA) is 70.6 Å². The van der Waals surface area contributed by atoms with Crippen LogP contribution >= 0.6 is 11.3 Å². The van der Waals surface area contributed by atoms with E-state index in [1.54, 1.807) is 6.92 Å². The van der Waals surface area contributed by atoms with E-state index in [1.165, 1.54) is 11.3 Å². The maximum atomic E-state index is 12.0. The summed E-state index contributed by atoms with van der Waals surface area (Å²) in [5.74, 6) is 0.332. The average molecular weight is 340 g/mol. The third kappa shape index (κ3) is 4.93. The fourth-order valence-electron chi connectivity index (χ4n) is 3.01. The molecule has 2 heterocycles. The summed E-state index contributed by atoms with van der Waals surface area (Å²) in [6.45, 7) is 9.71. The molecule has 1 saturated heterocycles. The molecule has 130 valence electrons. The number of hydrogen-bond donors (Lipinski definition) is 3. The van der Waals surface area contributed by atoms with Gasteiger partial charge in [0.2, 0.25) is 0 Å². The fraction of sp³-hybridized carbons (Fsp3) is 0.706. The molecule has 1 aromatic rings. The summed E-state index contributed by atoms with van der Waals surface area (Å²) in [6, 6.07) is 1.62. The minimum absolute atomic E-state index is 0.0714. The highest BCUT2D eigenvalue weighted by Crippen LogP contribution is 2.34. The van der Waals surface area contributed by atoms with Gasteiger partial charge in [0.1, 0.15) is 5.60 Å². The Bertz CT molecular complexity index is 508. The number of rotatable bonds is 5. The molecule has 5 nitrogen and oxygen atoms in total. The van der Waals surface area contributed by atoms with Crippen molar-refractivity contribution in [3.8, 4) is 0 Å². The first kappa shape index (κ1) is 18.2. The lowest BCUT2D eigenvalue weighted by atomic mass is 9.81. The van der Waals surface area contributed by atoms with E-state index in [0.29, 0.717) is 12.5 Å². The minimum atomic E-state index is -1.05.